The average Bonchev–Trinajstić information content (AvgIpc) is 2.39. The van der Waals surface area contributed by atoms with Crippen molar-refractivity contribution in [2.45, 2.75) is 0 Å². The summed E-state index contributed by atoms with van der Waals surface area (Å²) in [6.07, 6.45) is 2.54. The van der Waals surface area contributed by atoms with Crippen molar-refractivity contribution in [2.75, 3.05) is 31.1 Å². The van der Waals surface area contributed by atoms with E-state index in [9.17, 15) is 4.79 Å². The summed E-state index contributed by atoms with van der Waals surface area (Å²) in [7, 11) is 0. The Hall–Kier alpha value is -1.61. The highest BCUT2D eigenvalue weighted by Gasteiger charge is 2.19. The summed E-state index contributed by atoms with van der Waals surface area (Å²) in [6.45, 7) is 2.77. The molecule has 0 atom stereocenters. The lowest BCUT2D eigenvalue weighted by atomic mass is 10.2. The third kappa shape index (κ3) is 2.56. The molecule has 6 heteroatoms. The van der Waals surface area contributed by atoms with Gasteiger partial charge < -0.3 is 9.80 Å². The number of carbonyl (C=O) groups is 1. The summed E-state index contributed by atoms with van der Waals surface area (Å²) >= 11 is 3.30. The number of anilines is 1. The molecule has 0 spiro atoms. The zero-order chi connectivity index (χ0) is 12.3. The SMILES string of the molecule is N#Cc1cc(Br)cnc1N1CCN(C=O)CC1. The molecule has 1 aromatic heterocycles. The first kappa shape index (κ1) is 11.9. The Morgan fingerprint density at radius 3 is 2.71 bits per heavy atom. The Balaban J connectivity index is 2.19. The number of pyridine rings is 1. The molecule has 0 N–H and O–H groups in total. The van der Waals surface area contributed by atoms with Gasteiger partial charge in [-0.1, -0.05) is 0 Å². The number of rotatable bonds is 2. The van der Waals surface area contributed by atoms with Gasteiger partial charge in [0.1, 0.15) is 11.9 Å². The van der Waals surface area contributed by atoms with Crippen molar-refractivity contribution < 1.29 is 4.79 Å². The Morgan fingerprint density at radius 1 is 1.41 bits per heavy atom. The predicted octanol–water partition coefficient (Wildman–Crippen LogP) is 0.994. The van der Waals surface area contributed by atoms with Crippen molar-refractivity contribution in [1.29, 1.82) is 5.26 Å². The van der Waals surface area contributed by atoms with Gasteiger partial charge in [0.2, 0.25) is 6.41 Å². The summed E-state index contributed by atoms with van der Waals surface area (Å²) in [5.74, 6) is 0.696. The van der Waals surface area contributed by atoms with E-state index in [2.05, 4.69) is 27.0 Å². The second-order valence-electron chi connectivity index (χ2n) is 3.76. The van der Waals surface area contributed by atoms with E-state index in [4.69, 9.17) is 5.26 Å². The van der Waals surface area contributed by atoms with Crippen LogP contribution in [-0.2, 0) is 4.79 Å². The third-order valence-corrected chi connectivity index (χ3v) is 3.15. The molecular formula is C11H11BrN4O. The zero-order valence-corrected chi connectivity index (χ0v) is 10.7. The van der Waals surface area contributed by atoms with Gasteiger partial charge in [-0.2, -0.15) is 5.26 Å². The number of nitriles is 1. The van der Waals surface area contributed by atoms with Gasteiger partial charge in [-0.25, -0.2) is 4.98 Å². The Labute approximate surface area is 108 Å². The number of hydrogen-bond acceptors (Lipinski definition) is 4. The molecular weight excluding hydrogens is 284 g/mol. The van der Waals surface area contributed by atoms with Crippen molar-refractivity contribution in [3.05, 3.63) is 22.3 Å². The molecule has 0 bridgehead atoms. The fourth-order valence-corrected chi connectivity index (χ4v) is 2.14. The van der Waals surface area contributed by atoms with Gasteiger partial charge in [-0.15, -0.1) is 0 Å². The summed E-state index contributed by atoms with van der Waals surface area (Å²) in [5.41, 5.74) is 0.555. The molecule has 1 aromatic rings. The summed E-state index contributed by atoms with van der Waals surface area (Å²) in [4.78, 5) is 18.6. The van der Waals surface area contributed by atoms with Crippen molar-refractivity contribution in [3.8, 4) is 6.07 Å². The molecule has 1 aliphatic rings. The van der Waals surface area contributed by atoms with Crippen LogP contribution in [0.1, 0.15) is 5.56 Å². The van der Waals surface area contributed by atoms with Crippen molar-refractivity contribution in [3.63, 3.8) is 0 Å². The minimum absolute atomic E-state index is 0.555. The number of carbonyl (C=O) groups excluding carboxylic acids is 1. The molecule has 0 saturated carbocycles. The normalized spacial score (nSPS) is 15.5. The van der Waals surface area contributed by atoms with E-state index in [0.717, 1.165) is 10.9 Å². The number of amides is 1. The highest BCUT2D eigenvalue weighted by atomic mass is 79.9. The standard InChI is InChI=1S/C11H11BrN4O/c12-10-5-9(6-13)11(14-7-10)16-3-1-15(8-17)2-4-16/h5,7-8H,1-4H2. The van der Waals surface area contributed by atoms with Crippen LogP contribution in [0, 0.1) is 11.3 Å². The van der Waals surface area contributed by atoms with Crippen molar-refractivity contribution >= 4 is 28.2 Å². The van der Waals surface area contributed by atoms with E-state index in [-0.39, 0.29) is 0 Å². The molecule has 0 unspecified atom stereocenters. The molecule has 1 saturated heterocycles. The molecule has 1 fully saturated rings. The molecule has 0 aliphatic carbocycles. The van der Waals surface area contributed by atoms with Crippen LogP contribution in [0.2, 0.25) is 0 Å². The van der Waals surface area contributed by atoms with Gasteiger partial charge in [-0.05, 0) is 22.0 Å². The fourth-order valence-electron chi connectivity index (χ4n) is 1.81. The van der Waals surface area contributed by atoms with Crippen LogP contribution in [-0.4, -0.2) is 42.5 Å². The Morgan fingerprint density at radius 2 is 2.12 bits per heavy atom. The summed E-state index contributed by atoms with van der Waals surface area (Å²) in [6, 6.07) is 3.90. The van der Waals surface area contributed by atoms with Gasteiger partial charge in [0.15, 0.2) is 0 Å². The van der Waals surface area contributed by atoms with E-state index >= 15 is 0 Å². The van der Waals surface area contributed by atoms with E-state index in [1.807, 2.05) is 4.90 Å². The van der Waals surface area contributed by atoms with Crippen molar-refractivity contribution in [2.24, 2.45) is 0 Å². The van der Waals surface area contributed by atoms with Gasteiger partial charge in [0, 0.05) is 36.8 Å². The molecule has 17 heavy (non-hydrogen) atoms. The van der Waals surface area contributed by atoms with Gasteiger partial charge >= 0.3 is 0 Å². The maximum atomic E-state index is 10.6. The maximum Gasteiger partial charge on any atom is 0.209 e. The van der Waals surface area contributed by atoms with Gasteiger partial charge in [-0.3, -0.25) is 4.79 Å². The van der Waals surface area contributed by atoms with Crippen LogP contribution in [0.4, 0.5) is 5.82 Å². The van der Waals surface area contributed by atoms with Crippen LogP contribution in [0.3, 0.4) is 0 Å². The lowest BCUT2D eigenvalue weighted by Crippen LogP contribution is -2.46. The third-order valence-electron chi connectivity index (χ3n) is 2.72. The van der Waals surface area contributed by atoms with Gasteiger partial charge in [0.25, 0.3) is 0 Å². The largest absolute Gasteiger partial charge is 0.352 e. The number of halogens is 1. The number of nitrogens with zero attached hydrogens (tertiary/aromatic N) is 4. The minimum atomic E-state index is 0.555. The first-order valence-corrected chi connectivity index (χ1v) is 6.04. The highest BCUT2D eigenvalue weighted by Crippen LogP contribution is 2.21. The van der Waals surface area contributed by atoms with E-state index in [1.165, 1.54) is 0 Å². The molecule has 1 amide bonds. The van der Waals surface area contributed by atoms with Crippen molar-refractivity contribution in [1.82, 2.24) is 9.88 Å². The molecule has 2 heterocycles. The predicted molar refractivity (Wildman–Crippen MR) is 66.5 cm³/mol. The van der Waals surface area contributed by atoms with Gasteiger partial charge in [0.05, 0.1) is 5.56 Å². The first-order chi connectivity index (χ1) is 8.24. The monoisotopic (exact) mass is 294 g/mol. The lowest BCUT2D eigenvalue weighted by Gasteiger charge is -2.33. The fraction of sp³-hybridized carbons (Fsp3) is 0.364. The zero-order valence-electron chi connectivity index (χ0n) is 9.14. The highest BCUT2D eigenvalue weighted by molar-refractivity contribution is 9.10. The summed E-state index contributed by atoms with van der Waals surface area (Å²) in [5, 5.41) is 9.07. The minimum Gasteiger partial charge on any atom is -0.352 e. The number of hydrogen-bond donors (Lipinski definition) is 0. The second kappa shape index (κ2) is 5.15. The van der Waals surface area contributed by atoms with E-state index in [1.54, 1.807) is 17.2 Å². The topological polar surface area (TPSA) is 60.2 Å². The molecule has 0 aromatic carbocycles. The second-order valence-corrected chi connectivity index (χ2v) is 4.68. The lowest BCUT2D eigenvalue weighted by molar-refractivity contribution is -0.118. The van der Waals surface area contributed by atoms with Crippen LogP contribution in [0.5, 0.6) is 0 Å². The van der Waals surface area contributed by atoms with Crippen LogP contribution < -0.4 is 4.90 Å². The average molecular weight is 295 g/mol. The molecule has 2 rings (SSSR count). The smallest absolute Gasteiger partial charge is 0.209 e. The quantitative estimate of drug-likeness (QED) is 0.764. The molecule has 88 valence electrons. The maximum absolute atomic E-state index is 10.6. The first-order valence-electron chi connectivity index (χ1n) is 5.24. The Bertz CT molecular complexity index is 463. The van der Waals surface area contributed by atoms with Crippen LogP contribution in [0.15, 0.2) is 16.7 Å². The molecule has 0 radical (unpaired) electrons. The Kier molecular flexibility index (Phi) is 3.59. The molecule has 1 aliphatic heterocycles. The summed E-state index contributed by atoms with van der Waals surface area (Å²) < 4.78 is 0.796. The molecule has 5 nitrogen and oxygen atoms in total. The number of piperazine rings is 1. The van der Waals surface area contributed by atoms with Crippen LogP contribution in [0.25, 0.3) is 0 Å². The van der Waals surface area contributed by atoms with E-state index < -0.39 is 0 Å². The van der Waals surface area contributed by atoms with E-state index in [0.29, 0.717) is 37.6 Å². The van der Waals surface area contributed by atoms with Crippen LogP contribution >= 0.6 is 15.9 Å². The number of aromatic nitrogens is 1.